The van der Waals surface area contributed by atoms with Crippen LogP contribution < -0.4 is 5.32 Å². The van der Waals surface area contributed by atoms with Gasteiger partial charge in [-0.25, -0.2) is 0 Å². The van der Waals surface area contributed by atoms with E-state index in [1.807, 2.05) is 18.5 Å². The standard InChI is InChI=1S/C15H12N2/c1-2-4-12(5-3-1)13-6-7-15-14(10-13)11-16-8-9-17-15/h1-11,17H. The Bertz CT molecular complexity index is 583. The second kappa shape index (κ2) is 4.26. The molecule has 0 atom stereocenters. The molecule has 1 aliphatic heterocycles. The Labute approximate surface area is 100 Å². The SMILES string of the molecule is C1=CNc2ccc(-c3ccccc3)cc2C=N1. The minimum atomic E-state index is 1.09. The first-order valence-corrected chi connectivity index (χ1v) is 5.58. The molecule has 0 radical (unpaired) electrons. The first kappa shape index (κ1) is 9.85. The number of rotatable bonds is 1. The van der Waals surface area contributed by atoms with Gasteiger partial charge in [0.2, 0.25) is 0 Å². The van der Waals surface area contributed by atoms with Gasteiger partial charge in [-0.2, -0.15) is 0 Å². The first-order valence-electron chi connectivity index (χ1n) is 5.58. The summed E-state index contributed by atoms with van der Waals surface area (Å²) in [6, 6.07) is 16.7. The second-order valence-corrected chi connectivity index (χ2v) is 3.91. The molecule has 0 saturated carbocycles. The van der Waals surface area contributed by atoms with Crippen LogP contribution in [-0.2, 0) is 0 Å². The zero-order valence-electron chi connectivity index (χ0n) is 9.30. The molecule has 1 aliphatic rings. The van der Waals surface area contributed by atoms with Crippen LogP contribution in [0.15, 0.2) is 65.9 Å². The predicted molar refractivity (Wildman–Crippen MR) is 72.2 cm³/mol. The minimum Gasteiger partial charge on any atom is -0.360 e. The van der Waals surface area contributed by atoms with Crippen LogP contribution in [-0.4, -0.2) is 6.21 Å². The molecule has 0 saturated heterocycles. The summed E-state index contributed by atoms with van der Waals surface area (Å²) in [6.45, 7) is 0. The number of benzene rings is 2. The predicted octanol–water partition coefficient (Wildman–Crippen LogP) is 3.67. The van der Waals surface area contributed by atoms with Gasteiger partial charge >= 0.3 is 0 Å². The first-order chi connectivity index (χ1) is 8.43. The summed E-state index contributed by atoms with van der Waals surface area (Å²) in [5.74, 6) is 0. The van der Waals surface area contributed by atoms with E-state index >= 15 is 0 Å². The van der Waals surface area contributed by atoms with Crippen molar-refractivity contribution in [2.45, 2.75) is 0 Å². The molecular formula is C15H12N2. The molecule has 2 aromatic rings. The highest BCUT2D eigenvalue weighted by Gasteiger charge is 2.03. The maximum absolute atomic E-state index is 4.18. The van der Waals surface area contributed by atoms with Gasteiger partial charge in [-0.3, -0.25) is 4.99 Å². The van der Waals surface area contributed by atoms with Crippen LogP contribution in [0.25, 0.3) is 11.1 Å². The Balaban J connectivity index is 2.07. The smallest absolute Gasteiger partial charge is 0.0469 e. The fraction of sp³-hybridized carbons (Fsp3) is 0. The molecular weight excluding hydrogens is 208 g/mol. The Hall–Kier alpha value is -2.35. The molecule has 1 heterocycles. The lowest BCUT2D eigenvalue weighted by molar-refractivity contribution is 1.55. The molecule has 2 aromatic carbocycles. The summed E-state index contributed by atoms with van der Waals surface area (Å²) >= 11 is 0. The van der Waals surface area contributed by atoms with Gasteiger partial charge in [0.25, 0.3) is 0 Å². The molecule has 2 nitrogen and oxygen atoms in total. The van der Waals surface area contributed by atoms with Crippen LogP contribution in [0.4, 0.5) is 5.69 Å². The lowest BCUT2D eigenvalue weighted by Gasteiger charge is -2.07. The minimum absolute atomic E-state index is 1.09. The van der Waals surface area contributed by atoms with E-state index in [-0.39, 0.29) is 0 Å². The number of aliphatic imine (C=N–C) groups is 1. The largest absolute Gasteiger partial charge is 0.360 e. The summed E-state index contributed by atoms with van der Waals surface area (Å²) in [7, 11) is 0. The van der Waals surface area contributed by atoms with Crippen molar-refractivity contribution in [1.82, 2.24) is 0 Å². The molecule has 2 heteroatoms. The molecule has 0 aromatic heterocycles. The van der Waals surface area contributed by atoms with Gasteiger partial charge in [-0.05, 0) is 23.3 Å². The molecule has 0 spiro atoms. The van der Waals surface area contributed by atoms with Crippen molar-refractivity contribution in [2.75, 3.05) is 5.32 Å². The Morgan fingerprint density at radius 3 is 2.65 bits per heavy atom. The van der Waals surface area contributed by atoms with Crippen molar-refractivity contribution < 1.29 is 0 Å². The van der Waals surface area contributed by atoms with Crippen LogP contribution in [0.5, 0.6) is 0 Å². The number of fused-ring (bicyclic) bond motifs is 1. The second-order valence-electron chi connectivity index (χ2n) is 3.91. The van der Waals surface area contributed by atoms with Crippen molar-refractivity contribution in [3.05, 3.63) is 66.5 Å². The number of anilines is 1. The van der Waals surface area contributed by atoms with Gasteiger partial charge in [0.15, 0.2) is 0 Å². The van der Waals surface area contributed by atoms with Gasteiger partial charge in [0.05, 0.1) is 0 Å². The number of hydrogen-bond acceptors (Lipinski definition) is 2. The lowest BCUT2D eigenvalue weighted by atomic mass is 10.0. The van der Waals surface area contributed by atoms with E-state index in [1.165, 1.54) is 11.1 Å². The van der Waals surface area contributed by atoms with Gasteiger partial charge in [0, 0.05) is 29.9 Å². The van der Waals surface area contributed by atoms with Crippen molar-refractivity contribution in [3.63, 3.8) is 0 Å². The average Bonchev–Trinajstić information content (AvgIpc) is 2.64. The molecule has 0 fully saturated rings. The summed E-state index contributed by atoms with van der Waals surface area (Å²) in [5.41, 5.74) is 4.62. The molecule has 17 heavy (non-hydrogen) atoms. The highest BCUT2D eigenvalue weighted by molar-refractivity contribution is 5.91. The number of nitrogens with one attached hydrogen (secondary N) is 1. The van der Waals surface area contributed by atoms with Crippen LogP contribution in [0.3, 0.4) is 0 Å². The Morgan fingerprint density at radius 1 is 0.882 bits per heavy atom. The maximum Gasteiger partial charge on any atom is 0.0469 e. The van der Waals surface area contributed by atoms with E-state index in [4.69, 9.17) is 0 Å². The third kappa shape index (κ3) is 1.97. The van der Waals surface area contributed by atoms with Crippen molar-refractivity contribution in [1.29, 1.82) is 0 Å². The van der Waals surface area contributed by atoms with Crippen molar-refractivity contribution in [3.8, 4) is 11.1 Å². The monoisotopic (exact) mass is 220 g/mol. The quantitative estimate of drug-likeness (QED) is 0.779. The molecule has 3 rings (SSSR count). The topological polar surface area (TPSA) is 24.4 Å². The van der Waals surface area contributed by atoms with E-state index in [0.717, 1.165) is 11.3 Å². The van der Waals surface area contributed by atoms with Crippen LogP contribution >= 0.6 is 0 Å². The number of nitrogens with zero attached hydrogens (tertiary/aromatic N) is 1. The maximum atomic E-state index is 4.18. The van der Waals surface area contributed by atoms with E-state index in [1.54, 1.807) is 6.20 Å². The summed E-state index contributed by atoms with van der Waals surface area (Å²) in [6.07, 6.45) is 5.46. The third-order valence-electron chi connectivity index (χ3n) is 2.77. The average molecular weight is 220 g/mol. The number of hydrogen-bond donors (Lipinski definition) is 1. The van der Waals surface area contributed by atoms with E-state index in [9.17, 15) is 0 Å². The van der Waals surface area contributed by atoms with Crippen LogP contribution in [0, 0.1) is 0 Å². The van der Waals surface area contributed by atoms with Gasteiger partial charge in [-0.15, -0.1) is 0 Å². The zero-order chi connectivity index (χ0) is 11.5. The fourth-order valence-electron chi connectivity index (χ4n) is 1.90. The fourth-order valence-corrected chi connectivity index (χ4v) is 1.90. The van der Waals surface area contributed by atoms with Crippen LogP contribution in [0.2, 0.25) is 0 Å². The zero-order valence-corrected chi connectivity index (χ0v) is 9.30. The summed E-state index contributed by atoms with van der Waals surface area (Å²) in [5, 5.41) is 3.20. The normalized spacial score (nSPS) is 12.7. The summed E-state index contributed by atoms with van der Waals surface area (Å²) < 4.78 is 0. The molecule has 0 unspecified atom stereocenters. The van der Waals surface area contributed by atoms with E-state index in [2.05, 4.69) is 52.8 Å². The molecule has 1 N–H and O–H groups in total. The van der Waals surface area contributed by atoms with Crippen molar-refractivity contribution >= 4 is 11.9 Å². The Morgan fingerprint density at radius 2 is 1.76 bits per heavy atom. The van der Waals surface area contributed by atoms with Crippen molar-refractivity contribution in [2.24, 2.45) is 4.99 Å². The molecule has 82 valence electrons. The van der Waals surface area contributed by atoms with Crippen LogP contribution in [0.1, 0.15) is 5.56 Å². The van der Waals surface area contributed by atoms with E-state index in [0.29, 0.717) is 0 Å². The summed E-state index contributed by atoms with van der Waals surface area (Å²) in [4.78, 5) is 4.18. The highest BCUT2D eigenvalue weighted by Crippen LogP contribution is 2.25. The van der Waals surface area contributed by atoms with Gasteiger partial charge < -0.3 is 5.32 Å². The molecule has 0 aliphatic carbocycles. The lowest BCUT2D eigenvalue weighted by Crippen LogP contribution is -1.92. The van der Waals surface area contributed by atoms with Gasteiger partial charge in [-0.1, -0.05) is 36.4 Å². The van der Waals surface area contributed by atoms with Gasteiger partial charge in [0.1, 0.15) is 0 Å². The Kier molecular flexibility index (Phi) is 2.47. The van der Waals surface area contributed by atoms with E-state index < -0.39 is 0 Å². The third-order valence-corrected chi connectivity index (χ3v) is 2.77. The highest BCUT2D eigenvalue weighted by atomic mass is 14.9. The molecule has 0 bridgehead atoms. The molecule has 0 amide bonds.